The quantitative estimate of drug-likeness (QED) is 0.778. The van der Waals surface area contributed by atoms with E-state index < -0.39 is 12.1 Å². The Morgan fingerprint density at radius 3 is 2.75 bits per heavy atom. The number of ether oxygens (including phenoxy) is 1. The molecule has 0 amide bonds. The monoisotopic (exact) mass is 229 g/mol. The minimum Gasteiger partial charge on any atom is -0.479 e. The van der Waals surface area contributed by atoms with E-state index in [0.29, 0.717) is 25.1 Å². The minimum atomic E-state index is -0.854. The first-order chi connectivity index (χ1) is 7.54. The summed E-state index contributed by atoms with van der Waals surface area (Å²) in [5.41, 5.74) is 0. The Hall–Kier alpha value is -0.610. The Balaban J connectivity index is 2.51. The molecule has 0 aromatic heterocycles. The molecule has 1 N–H and O–H groups in total. The van der Waals surface area contributed by atoms with Crippen LogP contribution in [0.5, 0.6) is 0 Å². The summed E-state index contributed by atoms with van der Waals surface area (Å²) in [5, 5.41) is 9.04. The van der Waals surface area contributed by atoms with Crippen LogP contribution in [0.25, 0.3) is 0 Å². The van der Waals surface area contributed by atoms with Gasteiger partial charge in [0.05, 0.1) is 0 Å². The molecule has 16 heavy (non-hydrogen) atoms. The maximum atomic E-state index is 11.0. The van der Waals surface area contributed by atoms with E-state index in [2.05, 4.69) is 18.7 Å². The lowest BCUT2D eigenvalue weighted by Crippen LogP contribution is -2.47. The zero-order valence-corrected chi connectivity index (χ0v) is 10.5. The highest BCUT2D eigenvalue weighted by Gasteiger charge is 2.28. The van der Waals surface area contributed by atoms with Crippen LogP contribution >= 0.6 is 0 Å². The Morgan fingerprint density at radius 2 is 2.19 bits per heavy atom. The highest BCUT2D eigenvalue weighted by Crippen LogP contribution is 2.21. The van der Waals surface area contributed by atoms with Crippen molar-refractivity contribution in [2.24, 2.45) is 5.92 Å². The van der Waals surface area contributed by atoms with E-state index in [4.69, 9.17) is 9.84 Å². The van der Waals surface area contributed by atoms with Gasteiger partial charge in [0.1, 0.15) is 0 Å². The third-order valence-electron chi connectivity index (χ3n) is 3.29. The maximum Gasteiger partial charge on any atom is 0.334 e. The molecule has 0 aromatic rings. The summed E-state index contributed by atoms with van der Waals surface area (Å²) in [7, 11) is 0. The van der Waals surface area contributed by atoms with Gasteiger partial charge in [0, 0.05) is 25.7 Å². The molecule has 0 spiro atoms. The molecule has 1 rings (SSSR count). The number of hydrogen-bond acceptors (Lipinski definition) is 3. The van der Waals surface area contributed by atoms with Crippen molar-refractivity contribution in [3.63, 3.8) is 0 Å². The molecule has 1 heterocycles. The number of likely N-dealkylation sites (tertiary alicyclic amines) is 1. The fourth-order valence-corrected chi connectivity index (χ4v) is 2.25. The van der Waals surface area contributed by atoms with Gasteiger partial charge in [-0.25, -0.2) is 4.79 Å². The first kappa shape index (κ1) is 13.5. The van der Waals surface area contributed by atoms with E-state index in [0.717, 1.165) is 13.0 Å². The second-order valence-electron chi connectivity index (χ2n) is 4.77. The first-order valence-corrected chi connectivity index (χ1v) is 6.13. The average Bonchev–Trinajstić information content (AvgIpc) is 2.22. The van der Waals surface area contributed by atoms with Gasteiger partial charge in [-0.3, -0.25) is 4.90 Å². The molecule has 94 valence electrons. The number of carboxylic acids is 1. The minimum absolute atomic E-state index is 0.453. The van der Waals surface area contributed by atoms with Crippen molar-refractivity contribution in [2.45, 2.75) is 45.8 Å². The predicted octanol–water partition coefficient (Wildman–Crippen LogP) is 1.60. The number of hydrogen-bond donors (Lipinski definition) is 1. The maximum absolute atomic E-state index is 11.0. The SMILES string of the molecule is CCOC(CN1CC(C)CCC1C)C(=O)O. The molecule has 3 unspecified atom stereocenters. The van der Waals surface area contributed by atoms with Crippen LogP contribution in [0.2, 0.25) is 0 Å². The van der Waals surface area contributed by atoms with Crippen LogP contribution < -0.4 is 0 Å². The van der Waals surface area contributed by atoms with Crippen molar-refractivity contribution < 1.29 is 14.6 Å². The van der Waals surface area contributed by atoms with Crippen LogP contribution in [0.15, 0.2) is 0 Å². The Kier molecular flexibility index (Phi) is 5.22. The van der Waals surface area contributed by atoms with Gasteiger partial charge in [0.25, 0.3) is 0 Å². The lowest BCUT2D eigenvalue weighted by Gasteiger charge is -2.37. The molecule has 0 aliphatic carbocycles. The highest BCUT2D eigenvalue weighted by molar-refractivity contribution is 5.72. The molecule has 0 aromatic carbocycles. The average molecular weight is 229 g/mol. The number of carboxylic acid groups (broad SMARTS) is 1. The third kappa shape index (κ3) is 3.76. The highest BCUT2D eigenvalue weighted by atomic mass is 16.5. The van der Waals surface area contributed by atoms with Gasteiger partial charge in [-0.2, -0.15) is 0 Å². The summed E-state index contributed by atoms with van der Waals surface area (Å²) in [4.78, 5) is 13.2. The zero-order chi connectivity index (χ0) is 12.1. The fraction of sp³-hybridized carbons (Fsp3) is 0.917. The summed E-state index contributed by atoms with van der Waals surface area (Å²) in [6.45, 7) is 8.16. The molecule has 4 nitrogen and oxygen atoms in total. The van der Waals surface area contributed by atoms with Gasteiger partial charge in [-0.15, -0.1) is 0 Å². The Morgan fingerprint density at radius 1 is 1.50 bits per heavy atom. The molecular formula is C12H23NO3. The van der Waals surface area contributed by atoms with Crippen LogP contribution in [0.3, 0.4) is 0 Å². The van der Waals surface area contributed by atoms with Crippen molar-refractivity contribution >= 4 is 5.97 Å². The second kappa shape index (κ2) is 6.21. The first-order valence-electron chi connectivity index (χ1n) is 6.13. The fourth-order valence-electron chi connectivity index (χ4n) is 2.25. The molecule has 3 atom stereocenters. The van der Waals surface area contributed by atoms with Gasteiger partial charge in [-0.05, 0) is 32.6 Å². The van der Waals surface area contributed by atoms with Crippen LogP contribution in [-0.2, 0) is 9.53 Å². The molecule has 1 fully saturated rings. The lowest BCUT2D eigenvalue weighted by molar-refractivity contribution is -0.152. The largest absolute Gasteiger partial charge is 0.479 e. The number of nitrogens with zero attached hydrogens (tertiary/aromatic N) is 1. The van der Waals surface area contributed by atoms with Crippen molar-refractivity contribution in [2.75, 3.05) is 19.7 Å². The topological polar surface area (TPSA) is 49.8 Å². The number of carbonyl (C=O) groups is 1. The summed E-state index contributed by atoms with van der Waals surface area (Å²) in [6, 6.07) is 0.471. The van der Waals surface area contributed by atoms with Gasteiger partial charge >= 0.3 is 5.97 Å². The van der Waals surface area contributed by atoms with Crippen molar-refractivity contribution in [3.05, 3.63) is 0 Å². The van der Waals surface area contributed by atoms with Crippen LogP contribution in [-0.4, -0.2) is 47.8 Å². The van der Waals surface area contributed by atoms with Gasteiger partial charge < -0.3 is 9.84 Å². The zero-order valence-electron chi connectivity index (χ0n) is 10.5. The van der Waals surface area contributed by atoms with E-state index in [1.165, 1.54) is 6.42 Å². The van der Waals surface area contributed by atoms with Crippen molar-refractivity contribution in [3.8, 4) is 0 Å². The van der Waals surface area contributed by atoms with Crippen LogP contribution in [0.1, 0.15) is 33.6 Å². The van der Waals surface area contributed by atoms with Crippen LogP contribution in [0.4, 0.5) is 0 Å². The predicted molar refractivity (Wildman–Crippen MR) is 62.5 cm³/mol. The Labute approximate surface area is 97.6 Å². The molecule has 0 saturated carbocycles. The van der Waals surface area contributed by atoms with Gasteiger partial charge in [0.2, 0.25) is 0 Å². The normalized spacial score (nSPS) is 28.9. The summed E-state index contributed by atoms with van der Waals surface area (Å²) >= 11 is 0. The molecule has 1 saturated heterocycles. The standard InChI is InChI=1S/C12H23NO3/c1-4-16-11(12(14)15)8-13-7-9(2)5-6-10(13)3/h9-11H,4-8H2,1-3H3,(H,14,15). The van der Waals surface area contributed by atoms with Crippen molar-refractivity contribution in [1.82, 2.24) is 4.90 Å². The van der Waals surface area contributed by atoms with E-state index >= 15 is 0 Å². The molecule has 1 aliphatic heterocycles. The van der Waals surface area contributed by atoms with E-state index in [9.17, 15) is 4.79 Å². The van der Waals surface area contributed by atoms with Gasteiger partial charge in [-0.1, -0.05) is 6.92 Å². The summed E-state index contributed by atoms with van der Waals surface area (Å²) < 4.78 is 5.25. The second-order valence-corrected chi connectivity index (χ2v) is 4.77. The molecular weight excluding hydrogens is 206 g/mol. The number of aliphatic carboxylic acids is 1. The Bertz CT molecular complexity index is 232. The molecule has 0 radical (unpaired) electrons. The number of rotatable bonds is 5. The van der Waals surface area contributed by atoms with E-state index in [1.807, 2.05) is 6.92 Å². The summed E-state index contributed by atoms with van der Waals surface area (Å²) in [6.07, 6.45) is 1.71. The summed E-state index contributed by atoms with van der Waals surface area (Å²) in [5.74, 6) is -0.195. The third-order valence-corrected chi connectivity index (χ3v) is 3.29. The molecule has 4 heteroatoms. The molecule has 0 bridgehead atoms. The van der Waals surface area contributed by atoms with Crippen LogP contribution in [0, 0.1) is 5.92 Å². The lowest BCUT2D eigenvalue weighted by atomic mass is 9.95. The van der Waals surface area contributed by atoms with Crippen molar-refractivity contribution in [1.29, 1.82) is 0 Å². The number of piperidine rings is 1. The van der Waals surface area contributed by atoms with Gasteiger partial charge in [0.15, 0.2) is 6.10 Å². The molecule has 1 aliphatic rings. The van der Waals surface area contributed by atoms with E-state index in [1.54, 1.807) is 0 Å². The van der Waals surface area contributed by atoms with E-state index in [-0.39, 0.29) is 0 Å². The smallest absolute Gasteiger partial charge is 0.334 e.